The van der Waals surface area contributed by atoms with Gasteiger partial charge >= 0.3 is 0 Å². The van der Waals surface area contributed by atoms with Gasteiger partial charge in [0.2, 0.25) is 0 Å². The zero-order valence-electron chi connectivity index (χ0n) is 21.3. The Morgan fingerprint density at radius 3 is 2.26 bits per heavy atom. The van der Waals surface area contributed by atoms with Gasteiger partial charge in [-0.3, -0.25) is 4.79 Å². The van der Waals surface area contributed by atoms with Gasteiger partial charge in [-0.25, -0.2) is 0 Å². The highest BCUT2D eigenvalue weighted by molar-refractivity contribution is 5.95. The van der Waals surface area contributed by atoms with Crippen molar-refractivity contribution in [2.75, 3.05) is 18.0 Å². The molecule has 1 heterocycles. The third-order valence-electron chi connectivity index (χ3n) is 7.91. The van der Waals surface area contributed by atoms with Crippen molar-refractivity contribution in [3.8, 4) is 11.8 Å². The van der Waals surface area contributed by atoms with Gasteiger partial charge in [0.05, 0.1) is 11.6 Å². The number of nitriles is 1. The van der Waals surface area contributed by atoms with E-state index in [1.54, 1.807) is 6.07 Å². The van der Waals surface area contributed by atoms with Gasteiger partial charge in [0.15, 0.2) is 0 Å². The van der Waals surface area contributed by atoms with Crippen molar-refractivity contribution in [3.05, 3.63) is 59.2 Å². The largest absolute Gasteiger partial charge is 0.489 e. The van der Waals surface area contributed by atoms with Crippen molar-refractivity contribution >= 4 is 17.9 Å². The lowest BCUT2D eigenvalue weighted by atomic mass is 9.49. The molecule has 1 saturated carbocycles. The van der Waals surface area contributed by atoms with Gasteiger partial charge in [-0.2, -0.15) is 5.26 Å². The van der Waals surface area contributed by atoms with Gasteiger partial charge < -0.3 is 19.7 Å². The highest BCUT2D eigenvalue weighted by Crippen LogP contribution is 2.55. The van der Waals surface area contributed by atoms with Gasteiger partial charge in [0, 0.05) is 47.1 Å². The first-order valence-corrected chi connectivity index (χ1v) is 12.4. The quantitative estimate of drug-likeness (QED) is 0.604. The zero-order chi connectivity index (χ0) is 25.4. The molecule has 1 saturated heterocycles. The molecule has 2 aliphatic rings. The van der Waals surface area contributed by atoms with Crippen LogP contribution in [0.4, 0.5) is 5.69 Å². The van der Waals surface area contributed by atoms with Crippen LogP contribution in [0, 0.1) is 35.0 Å². The molecule has 0 atom stereocenters. The molecule has 6 heteroatoms. The highest BCUT2D eigenvalue weighted by atomic mass is 16.5. The normalized spacial score (nSPS) is 23.0. The minimum absolute atomic E-state index is 0.0611. The van der Waals surface area contributed by atoms with Crippen LogP contribution in [0.15, 0.2) is 42.5 Å². The molecule has 1 amide bonds. The lowest BCUT2D eigenvalue weighted by Crippen LogP contribution is -2.74. The minimum Gasteiger partial charge on any atom is -0.489 e. The first-order chi connectivity index (χ1) is 16.6. The van der Waals surface area contributed by atoms with E-state index in [2.05, 4.69) is 44.0 Å². The summed E-state index contributed by atoms with van der Waals surface area (Å²) in [7, 11) is 0. The lowest BCUT2D eigenvalue weighted by Gasteiger charge is -2.63. The molecule has 1 N–H and O–H groups in total. The number of hydrogen-bond donors (Lipinski definition) is 1. The van der Waals surface area contributed by atoms with Crippen LogP contribution >= 0.6 is 0 Å². The fourth-order valence-corrected chi connectivity index (χ4v) is 6.10. The number of aryl methyl sites for hydroxylation is 1. The molecule has 0 radical (unpaired) electrons. The van der Waals surface area contributed by atoms with E-state index in [9.17, 15) is 14.9 Å². The van der Waals surface area contributed by atoms with Crippen molar-refractivity contribution in [2.45, 2.75) is 59.6 Å². The first kappa shape index (κ1) is 24.8. The molecule has 2 aromatic carbocycles. The summed E-state index contributed by atoms with van der Waals surface area (Å²) >= 11 is 0. The third-order valence-corrected chi connectivity index (χ3v) is 7.91. The number of carbonyl (C=O) groups is 2. The third kappa shape index (κ3) is 4.65. The lowest BCUT2D eigenvalue weighted by molar-refractivity contribution is -0.164. The minimum atomic E-state index is -0.274. The van der Waals surface area contributed by atoms with E-state index in [1.807, 2.05) is 43.3 Å². The van der Waals surface area contributed by atoms with Crippen LogP contribution in [0.3, 0.4) is 0 Å². The molecule has 6 nitrogen and oxygen atoms in total. The number of carbonyl (C=O) groups excluding carboxylic acids is 2. The van der Waals surface area contributed by atoms with Crippen molar-refractivity contribution in [1.29, 1.82) is 5.26 Å². The molecule has 2 fully saturated rings. The Bertz CT molecular complexity index is 1120. The Kier molecular flexibility index (Phi) is 6.64. The van der Waals surface area contributed by atoms with Gasteiger partial charge in [-0.15, -0.1) is 0 Å². The number of ether oxygens (including phenoxy) is 1. The van der Waals surface area contributed by atoms with Crippen LogP contribution in [-0.4, -0.2) is 37.4 Å². The molecule has 1 aliphatic carbocycles. The molecule has 0 unspecified atom stereocenters. The summed E-state index contributed by atoms with van der Waals surface area (Å²) in [5.41, 5.74) is 2.71. The molecule has 4 rings (SSSR count). The predicted octanol–water partition coefficient (Wildman–Crippen LogP) is 4.89. The zero-order valence-corrected chi connectivity index (χ0v) is 21.3. The Morgan fingerprint density at radius 1 is 1.09 bits per heavy atom. The molecule has 0 aromatic heterocycles. The number of benzene rings is 2. The van der Waals surface area contributed by atoms with Crippen molar-refractivity contribution in [1.82, 2.24) is 5.32 Å². The van der Waals surface area contributed by atoms with Crippen LogP contribution in [0.2, 0.25) is 0 Å². The molecular weight excluding hydrogens is 438 g/mol. The molecule has 184 valence electrons. The van der Waals surface area contributed by atoms with Gasteiger partial charge in [-0.05, 0) is 67.8 Å². The molecule has 2 aromatic rings. The number of nitrogens with one attached hydrogen (secondary N) is 1. The number of piperidine rings is 1. The fourth-order valence-electron chi connectivity index (χ4n) is 6.10. The number of rotatable bonds is 6. The summed E-state index contributed by atoms with van der Waals surface area (Å²) in [6, 6.07) is 15.4. The van der Waals surface area contributed by atoms with Gasteiger partial charge in [0.1, 0.15) is 18.1 Å². The summed E-state index contributed by atoms with van der Waals surface area (Å²) in [6.07, 6.45) is 2.73. The fraction of sp³-hybridized carbons (Fsp3) is 0.483. The molecule has 1 aliphatic heterocycles. The summed E-state index contributed by atoms with van der Waals surface area (Å²) < 4.78 is 6.39. The van der Waals surface area contributed by atoms with E-state index in [-0.39, 0.29) is 34.8 Å². The second kappa shape index (κ2) is 9.37. The van der Waals surface area contributed by atoms with Crippen molar-refractivity contribution < 1.29 is 14.3 Å². The number of nitrogens with zero attached hydrogens (tertiary/aromatic N) is 2. The second-order valence-electron chi connectivity index (χ2n) is 11.1. The Hall–Kier alpha value is -3.33. The monoisotopic (exact) mass is 473 g/mol. The van der Waals surface area contributed by atoms with Crippen LogP contribution in [-0.2, 0) is 4.79 Å². The number of aldehydes is 1. The van der Waals surface area contributed by atoms with Crippen LogP contribution in [0.1, 0.15) is 62.0 Å². The Morgan fingerprint density at radius 2 is 1.71 bits per heavy atom. The van der Waals surface area contributed by atoms with Crippen LogP contribution < -0.4 is 15.0 Å². The highest BCUT2D eigenvalue weighted by Gasteiger charge is 2.64. The van der Waals surface area contributed by atoms with E-state index >= 15 is 0 Å². The smallest absolute Gasteiger partial charge is 0.251 e. The van der Waals surface area contributed by atoms with Gasteiger partial charge in [-0.1, -0.05) is 27.7 Å². The predicted molar refractivity (Wildman–Crippen MR) is 137 cm³/mol. The van der Waals surface area contributed by atoms with E-state index in [1.165, 1.54) is 0 Å². The van der Waals surface area contributed by atoms with E-state index in [0.29, 0.717) is 11.1 Å². The summed E-state index contributed by atoms with van der Waals surface area (Å²) in [6.45, 7) is 12.1. The van der Waals surface area contributed by atoms with E-state index in [4.69, 9.17) is 4.74 Å². The average molecular weight is 474 g/mol. The number of amides is 1. The van der Waals surface area contributed by atoms with Gasteiger partial charge in [0.25, 0.3) is 5.91 Å². The molecule has 0 bridgehead atoms. The van der Waals surface area contributed by atoms with Crippen LogP contribution in [0.25, 0.3) is 0 Å². The maximum absolute atomic E-state index is 13.1. The standard InChI is InChI=1S/C29H35N3O3/c1-19-16-24(11-8-22(19)17-30)35-27-28(2,3)26(29(27,4)5)31-25(34)21-6-9-23(10-7-21)32-14-12-20(18-33)13-15-32/h6-11,16,18,20,26-27H,12-15H2,1-5H3,(H,31,34)/t26-,27-. The summed E-state index contributed by atoms with van der Waals surface area (Å²) in [5, 5.41) is 12.4. The maximum Gasteiger partial charge on any atom is 0.251 e. The summed E-state index contributed by atoms with van der Waals surface area (Å²) in [5.74, 6) is 0.819. The average Bonchev–Trinajstić information content (AvgIpc) is 2.85. The van der Waals surface area contributed by atoms with E-state index < -0.39 is 0 Å². The SMILES string of the molecule is Cc1cc(O[C@H]2C(C)(C)[C@H](NC(=O)c3ccc(N4CCC(C=O)CC4)cc3)C2(C)C)ccc1C#N. The molecular formula is C29H35N3O3. The maximum atomic E-state index is 13.1. The van der Waals surface area contributed by atoms with Crippen LogP contribution in [0.5, 0.6) is 5.75 Å². The first-order valence-electron chi connectivity index (χ1n) is 12.4. The number of anilines is 1. The Balaban J connectivity index is 1.41. The second-order valence-corrected chi connectivity index (χ2v) is 11.1. The topological polar surface area (TPSA) is 82.4 Å². The van der Waals surface area contributed by atoms with Crippen molar-refractivity contribution in [2.24, 2.45) is 16.7 Å². The van der Waals surface area contributed by atoms with Crippen molar-refractivity contribution in [3.63, 3.8) is 0 Å². The Labute approximate surface area is 208 Å². The molecule has 0 spiro atoms. The van der Waals surface area contributed by atoms with E-state index in [0.717, 1.165) is 49.2 Å². The summed E-state index contributed by atoms with van der Waals surface area (Å²) in [4.78, 5) is 26.4. The number of hydrogen-bond acceptors (Lipinski definition) is 5. The molecule has 35 heavy (non-hydrogen) atoms.